The number of likely N-dealkylation sites (tertiary alicyclic amines) is 1. The van der Waals surface area contributed by atoms with Gasteiger partial charge in [-0.3, -0.25) is 0 Å². The third kappa shape index (κ3) is 3.87. The number of morpholine rings is 1. The smallest absolute Gasteiger partial charge is 0.407 e. The summed E-state index contributed by atoms with van der Waals surface area (Å²) in [6.45, 7) is 4.85. The van der Waals surface area contributed by atoms with Crippen molar-refractivity contribution in [3.8, 4) is 17.2 Å². The maximum absolute atomic E-state index is 11.3. The van der Waals surface area contributed by atoms with Gasteiger partial charge >= 0.3 is 6.09 Å². The number of hydrogen-bond donors (Lipinski definition) is 1. The second-order valence-corrected chi connectivity index (χ2v) is 8.40. The lowest BCUT2D eigenvalue weighted by molar-refractivity contribution is 0.122. The number of hydrogen-bond acceptors (Lipinski definition) is 5. The Morgan fingerprint density at radius 3 is 2.66 bits per heavy atom. The quantitative estimate of drug-likeness (QED) is 0.680. The van der Waals surface area contributed by atoms with Gasteiger partial charge in [0.1, 0.15) is 5.82 Å². The van der Waals surface area contributed by atoms with Gasteiger partial charge < -0.3 is 24.2 Å². The first-order valence-electron chi connectivity index (χ1n) is 10.9. The maximum atomic E-state index is 11.3. The van der Waals surface area contributed by atoms with E-state index in [4.69, 9.17) is 15.0 Å². The number of aromatic nitrogens is 2. The highest BCUT2D eigenvalue weighted by atomic mass is 16.5. The van der Waals surface area contributed by atoms with E-state index in [9.17, 15) is 9.90 Å². The molecule has 0 radical (unpaired) electrons. The summed E-state index contributed by atoms with van der Waals surface area (Å²) in [6.07, 6.45) is 2.07. The number of pyridine rings is 1. The minimum atomic E-state index is -0.843. The van der Waals surface area contributed by atoms with Crippen LogP contribution in [0.5, 0.6) is 0 Å². The Balaban J connectivity index is 1.53. The molecule has 0 saturated carbocycles. The Kier molecular flexibility index (Phi) is 5.41. The fraction of sp³-hybridized carbons (Fsp3) is 0.375. The lowest BCUT2D eigenvalue weighted by atomic mass is 10.0. The zero-order chi connectivity index (χ0) is 22.1. The number of rotatable bonds is 4. The molecular weight excluding hydrogens is 406 g/mol. The summed E-state index contributed by atoms with van der Waals surface area (Å²) in [5.41, 5.74) is 4.64. The number of carbonyl (C=O) groups is 1. The first-order valence-corrected chi connectivity index (χ1v) is 10.9. The Morgan fingerprint density at radius 2 is 1.97 bits per heavy atom. The molecule has 8 nitrogen and oxygen atoms in total. The third-order valence-electron chi connectivity index (χ3n) is 6.38. The number of carboxylic acid groups (broad SMARTS) is 1. The van der Waals surface area contributed by atoms with E-state index in [2.05, 4.69) is 21.6 Å². The zero-order valence-electron chi connectivity index (χ0n) is 17.8. The molecule has 2 fully saturated rings. The van der Waals surface area contributed by atoms with Crippen LogP contribution in [0, 0.1) is 17.2 Å². The fourth-order valence-corrected chi connectivity index (χ4v) is 4.65. The summed E-state index contributed by atoms with van der Waals surface area (Å²) in [5.74, 6) is 1.22. The average Bonchev–Trinajstić information content (AvgIpc) is 3.46. The highest BCUT2D eigenvalue weighted by Gasteiger charge is 2.27. The third-order valence-corrected chi connectivity index (χ3v) is 6.38. The Hall–Kier alpha value is -3.57. The van der Waals surface area contributed by atoms with Crippen LogP contribution in [0.1, 0.15) is 12.0 Å². The lowest BCUT2D eigenvalue weighted by Gasteiger charge is -2.29. The van der Waals surface area contributed by atoms with Crippen LogP contribution in [-0.2, 0) is 11.3 Å². The van der Waals surface area contributed by atoms with Crippen molar-refractivity contribution in [3.05, 3.63) is 48.2 Å². The predicted octanol–water partition coefficient (Wildman–Crippen LogP) is 3.41. The van der Waals surface area contributed by atoms with Gasteiger partial charge in [-0.15, -0.1) is 0 Å². The standard InChI is InChI=1S/C24H25N5O3/c25-14-17-1-3-19(4-2-17)20-13-22-21(26-23(20)27-9-11-32-12-10-27)6-8-28(22)15-18-5-7-29(16-18)24(30)31/h1-4,6,8,13,18H,5,7,9-12,15-16H2,(H,30,31)/t18-/m0/s1. The van der Waals surface area contributed by atoms with E-state index >= 15 is 0 Å². The molecule has 2 aliphatic rings. The first-order chi connectivity index (χ1) is 15.6. The Bertz CT molecular complexity index is 1170. The van der Waals surface area contributed by atoms with Gasteiger partial charge in [-0.05, 0) is 42.2 Å². The van der Waals surface area contributed by atoms with E-state index in [0.29, 0.717) is 37.8 Å². The SMILES string of the molecule is N#Cc1ccc(-c2cc3c(ccn3C[C@@H]3CCN(C(=O)O)C3)nc2N2CCOCC2)cc1. The molecule has 0 bridgehead atoms. The van der Waals surface area contributed by atoms with Gasteiger partial charge in [0.15, 0.2) is 0 Å². The zero-order valence-corrected chi connectivity index (χ0v) is 17.8. The summed E-state index contributed by atoms with van der Waals surface area (Å²) >= 11 is 0. The van der Waals surface area contributed by atoms with E-state index in [1.54, 1.807) is 0 Å². The monoisotopic (exact) mass is 431 g/mol. The number of nitriles is 1. The second-order valence-electron chi connectivity index (χ2n) is 8.40. The van der Waals surface area contributed by atoms with E-state index in [1.807, 2.05) is 36.5 Å². The Labute approximate surface area is 186 Å². The number of anilines is 1. The number of benzene rings is 1. The van der Waals surface area contributed by atoms with Crippen molar-refractivity contribution in [2.45, 2.75) is 13.0 Å². The molecule has 1 aromatic carbocycles. The van der Waals surface area contributed by atoms with Gasteiger partial charge in [-0.1, -0.05) is 12.1 Å². The summed E-state index contributed by atoms with van der Waals surface area (Å²) < 4.78 is 7.72. The fourth-order valence-electron chi connectivity index (χ4n) is 4.65. The molecule has 2 aromatic heterocycles. The number of ether oxygens (including phenoxy) is 1. The highest BCUT2D eigenvalue weighted by molar-refractivity contribution is 5.88. The molecule has 1 N–H and O–H groups in total. The molecule has 164 valence electrons. The minimum Gasteiger partial charge on any atom is -0.465 e. The summed E-state index contributed by atoms with van der Waals surface area (Å²) in [7, 11) is 0. The molecule has 8 heteroatoms. The topological polar surface area (TPSA) is 94.6 Å². The molecular formula is C24H25N5O3. The minimum absolute atomic E-state index is 0.291. The first kappa shape index (κ1) is 20.3. The molecule has 2 saturated heterocycles. The molecule has 4 heterocycles. The molecule has 32 heavy (non-hydrogen) atoms. The summed E-state index contributed by atoms with van der Waals surface area (Å²) in [5, 5.41) is 18.4. The van der Waals surface area contributed by atoms with Crippen molar-refractivity contribution in [2.24, 2.45) is 5.92 Å². The largest absolute Gasteiger partial charge is 0.465 e. The van der Waals surface area contributed by atoms with Crippen LogP contribution in [0.25, 0.3) is 22.2 Å². The van der Waals surface area contributed by atoms with Crippen LogP contribution in [0.3, 0.4) is 0 Å². The number of amides is 1. The van der Waals surface area contributed by atoms with Gasteiger partial charge in [0.25, 0.3) is 0 Å². The van der Waals surface area contributed by atoms with Gasteiger partial charge in [-0.25, -0.2) is 9.78 Å². The average molecular weight is 431 g/mol. The second kappa shape index (κ2) is 8.52. The molecule has 0 aliphatic carbocycles. The van der Waals surface area contributed by atoms with Crippen LogP contribution in [0.15, 0.2) is 42.6 Å². The molecule has 3 aromatic rings. The summed E-state index contributed by atoms with van der Waals surface area (Å²) in [6, 6.07) is 14.0. The predicted molar refractivity (Wildman–Crippen MR) is 121 cm³/mol. The van der Waals surface area contributed by atoms with Gasteiger partial charge in [0, 0.05) is 44.5 Å². The van der Waals surface area contributed by atoms with Gasteiger partial charge in [0.2, 0.25) is 0 Å². The van der Waals surface area contributed by atoms with Crippen LogP contribution in [-0.4, -0.2) is 65.0 Å². The van der Waals surface area contributed by atoms with E-state index in [-0.39, 0.29) is 0 Å². The molecule has 2 aliphatic heterocycles. The van der Waals surface area contributed by atoms with E-state index < -0.39 is 6.09 Å². The molecule has 0 spiro atoms. The Morgan fingerprint density at radius 1 is 1.19 bits per heavy atom. The van der Waals surface area contributed by atoms with Crippen LogP contribution >= 0.6 is 0 Å². The van der Waals surface area contributed by atoms with Crippen molar-refractivity contribution >= 4 is 22.9 Å². The van der Waals surface area contributed by atoms with E-state index in [1.165, 1.54) is 4.90 Å². The van der Waals surface area contributed by atoms with Crippen molar-refractivity contribution in [1.29, 1.82) is 5.26 Å². The van der Waals surface area contributed by atoms with Crippen molar-refractivity contribution in [3.63, 3.8) is 0 Å². The lowest BCUT2D eigenvalue weighted by Crippen LogP contribution is -2.37. The summed E-state index contributed by atoms with van der Waals surface area (Å²) in [4.78, 5) is 20.1. The van der Waals surface area contributed by atoms with Crippen LogP contribution < -0.4 is 4.90 Å². The highest BCUT2D eigenvalue weighted by Crippen LogP contribution is 2.34. The van der Waals surface area contributed by atoms with Crippen molar-refractivity contribution in [2.75, 3.05) is 44.3 Å². The van der Waals surface area contributed by atoms with E-state index in [0.717, 1.165) is 54.0 Å². The number of nitrogens with zero attached hydrogens (tertiary/aromatic N) is 5. The van der Waals surface area contributed by atoms with Gasteiger partial charge in [-0.2, -0.15) is 5.26 Å². The van der Waals surface area contributed by atoms with Crippen molar-refractivity contribution < 1.29 is 14.6 Å². The molecule has 0 unspecified atom stereocenters. The van der Waals surface area contributed by atoms with Crippen molar-refractivity contribution in [1.82, 2.24) is 14.5 Å². The van der Waals surface area contributed by atoms with Crippen LogP contribution in [0.2, 0.25) is 0 Å². The molecule has 1 amide bonds. The maximum Gasteiger partial charge on any atom is 0.407 e. The molecule has 5 rings (SSSR count). The van der Waals surface area contributed by atoms with Gasteiger partial charge in [0.05, 0.1) is 35.9 Å². The van der Waals surface area contributed by atoms with Crippen LogP contribution in [0.4, 0.5) is 10.6 Å². The molecule has 1 atom stereocenters. The number of fused-ring (bicyclic) bond motifs is 1. The normalized spacial score (nSPS) is 18.8.